The van der Waals surface area contributed by atoms with Crippen LogP contribution in [-0.2, 0) is 6.61 Å². The number of methoxy groups -OCH3 is 1. The first-order valence-electron chi connectivity index (χ1n) is 5.63. The van der Waals surface area contributed by atoms with E-state index in [1.165, 1.54) is 0 Å². The van der Waals surface area contributed by atoms with Crippen molar-refractivity contribution in [1.82, 2.24) is 9.38 Å². The van der Waals surface area contributed by atoms with E-state index >= 15 is 0 Å². The van der Waals surface area contributed by atoms with Crippen molar-refractivity contribution in [3.8, 4) is 11.5 Å². The average Bonchev–Trinajstić information content (AvgIpc) is 2.98. The van der Waals surface area contributed by atoms with Crippen molar-refractivity contribution in [3.63, 3.8) is 0 Å². The molecule has 19 heavy (non-hydrogen) atoms. The molecular weight excluding hydrogens is 328 g/mol. The number of hydrogen-bond acceptors (Lipinski definition) is 4. The Morgan fingerprint density at radius 1 is 1.42 bits per heavy atom. The van der Waals surface area contributed by atoms with E-state index in [1.54, 1.807) is 18.4 Å². The van der Waals surface area contributed by atoms with Gasteiger partial charge in [0, 0.05) is 17.8 Å². The third-order valence-electron chi connectivity index (χ3n) is 2.66. The molecule has 4 nitrogen and oxygen atoms in total. The third-order valence-corrected chi connectivity index (χ3v) is 4.05. The van der Waals surface area contributed by atoms with E-state index in [-0.39, 0.29) is 0 Å². The Hall–Kier alpha value is -1.53. The van der Waals surface area contributed by atoms with Gasteiger partial charge in [-0.3, -0.25) is 4.40 Å². The number of halogens is 1. The SMILES string of the molecule is COc1ccc(OCc2cn3ccsc3n2)c(Br)c1. The van der Waals surface area contributed by atoms with Crippen LogP contribution in [0.2, 0.25) is 0 Å². The number of thiazole rings is 1. The second-order valence-electron chi connectivity index (χ2n) is 3.91. The summed E-state index contributed by atoms with van der Waals surface area (Å²) in [6, 6.07) is 5.62. The number of nitrogens with zero attached hydrogens (tertiary/aromatic N) is 2. The van der Waals surface area contributed by atoms with Crippen molar-refractivity contribution in [3.05, 3.63) is 46.1 Å². The van der Waals surface area contributed by atoms with Gasteiger partial charge in [-0.15, -0.1) is 11.3 Å². The molecule has 0 radical (unpaired) electrons. The fourth-order valence-electron chi connectivity index (χ4n) is 1.72. The van der Waals surface area contributed by atoms with Crippen LogP contribution in [0.15, 0.2) is 40.4 Å². The molecule has 0 saturated carbocycles. The number of ether oxygens (including phenoxy) is 2. The van der Waals surface area contributed by atoms with Gasteiger partial charge in [-0.05, 0) is 34.1 Å². The minimum Gasteiger partial charge on any atom is -0.497 e. The highest BCUT2D eigenvalue weighted by Crippen LogP contribution is 2.29. The van der Waals surface area contributed by atoms with Crippen molar-refractivity contribution in [2.24, 2.45) is 0 Å². The van der Waals surface area contributed by atoms with Crippen LogP contribution >= 0.6 is 27.3 Å². The zero-order chi connectivity index (χ0) is 13.2. The van der Waals surface area contributed by atoms with E-state index in [4.69, 9.17) is 9.47 Å². The zero-order valence-corrected chi connectivity index (χ0v) is 12.6. The number of aromatic nitrogens is 2. The van der Waals surface area contributed by atoms with Gasteiger partial charge >= 0.3 is 0 Å². The minimum absolute atomic E-state index is 0.444. The number of fused-ring (bicyclic) bond motifs is 1. The van der Waals surface area contributed by atoms with Crippen LogP contribution in [0.4, 0.5) is 0 Å². The molecule has 0 spiro atoms. The van der Waals surface area contributed by atoms with Crippen molar-refractivity contribution < 1.29 is 9.47 Å². The summed E-state index contributed by atoms with van der Waals surface area (Å²) >= 11 is 5.07. The molecule has 0 fully saturated rings. The molecule has 0 unspecified atom stereocenters. The molecule has 98 valence electrons. The lowest BCUT2D eigenvalue weighted by molar-refractivity contribution is 0.299. The summed E-state index contributed by atoms with van der Waals surface area (Å²) in [5, 5.41) is 2.01. The Kier molecular flexibility index (Phi) is 3.44. The highest BCUT2D eigenvalue weighted by atomic mass is 79.9. The molecule has 0 aliphatic heterocycles. The Bertz CT molecular complexity index is 679. The molecule has 0 N–H and O–H groups in total. The molecule has 3 aromatic rings. The number of rotatable bonds is 4. The van der Waals surface area contributed by atoms with Crippen LogP contribution in [-0.4, -0.2) is 16.5 Å². The van der Waals surface area contributed by atoms with Crippen LogP contribution in [0.5, 0.6) is 11.5 Å². The highest BCUT2D eigenvalue weighted by Gasteiger charge is 2.06. The Morgan fingerprint density at radius 2 is 2.32 bits per heavy atom. The molecule has 2 aromatic heterocycles. The van der Waals surface area contributed by atoms with Crippen LogP contribution in [0.3, 0.4) is 0 Å². The molecular formula is C13H11BrN2O2S. The summed E-state index contributed by atoms with van der Waals surface area (Å²) in [4.78, 5) is 5.45. The zero-order valence-electron chi connectivity index (χ0n) is 10.2. The Morgan fingerprint density at radius 3 is 3.05 bits per heavy atom. The van der Waals surface area contributed by atoms with E-state index in [0.717, 1.165) is 26.6 Å². The van der Waals surface area contributed by atoms with Gasteiger partial charge in [-0.2, -0.15) is 0 Å². The molecule has 6 heteroatoms. The maximum absolute atomic E-state index is 5.75. The standard InChI is InChI=1S/C13H11BrN2O2S/c1-17-10-2-3-12(11(14)6-10)18-8-9-7-16-4-5-19-13(16)15-9/h2-7H,8H2,1H3. The fourth-order valence-corrected chi connectivity index (χ4v) is 2.91. The minimum atomic E-state index is 0.444. The van der Waals surface area contributed by atoms with E-state index in [2.05, 4.69) is 20.9 Å². The second kappa shape index (κ2) is 5.22. The fraction of sp³-hybridized carbons (Fsp3) is 0.154. The largest absolute Gasteiger partial charge is 0.497 e. The Labute approximate surface area is 122 Å². The van der Waals surface area contributed by atoms with Gasteiger partial charge in [0.05, 0.1) is 17.3 Å². The normalized spacial score (nSPS) is 10.8. The lowest BCUT2D eigenvalue weighted by Gasteiger charge is -2.08. The van der Waals surface area contributed by atoms with E-state index in [9.17, 15) is 0 Å². The monoisotopic (exact) mass is 338 g/mol. The summed E-state index contributed by atoms with van der Waals surface area (Å²) in [6.45, 7) is 0.444. The first kappa shape index (κ1) is 12.5. The maximum Gasteiger partial charge on any atom is 0.193 e. The number of hydrogen-bond donors (Lipinski definition) is 0. The number of imidazole rings is 1. The van der Waals surface area contributed by atoms with Crippen molar-refractivity contribution in [1.29, 1.82) is 0 Å². The molecule has 1 aromatic carbocycles. The van der Waals surface area contributed by atoms with E-state index < -0.39 is 0 Å². The average molecular weight is 339 g/mol. The van der Waals surface area contributed by atoms with Crippen LogP contribution < -0.4 is 9.47 Å². The predicted molar refractivity (Wildman–Crippen MR) is 78.1 cm³/mol. The van der Waals surface area contributed by atoms with Crippen LogP contribution in [0.1, 0.15) is 5.69 Å². The van der Waals surface area contributed by atoms with Gasteiger partial charge in [0.2, 0.25) is 0 Å². The van der Waals surface area contributed by atoms with Crippen molar-refractivity contribution in [2.75, 3.05) is 7.11 Å². The van der Waals surface area contributed by atoms with E-state index in [1.807, 2.05) is 40.4 Å². The smallest absolute Gasteiger partial charge is 0.193 e. The second-order valence-corrected chi connectivity index (χ2v) is 5.64. The summed E-state index contributed by atoms with van der Waals surface area (Å²) in [6.07, 6.45) is 3.96. The number of benzene rings is 1. The van der Waals surface area contributed by atoms with Crippen LogP contribution in [0.25, 0.3) is 4.96 Å². The molecule has 2 heterocycles. The van der Waals surface area contributed by atoms with Gasteiger partial charge < -0.3 is 9.47 Å². The molecule has 3 rings (SSSR count). The van der Waals surface area contributed by atoms with Crippen LogP contribution in [0, 0.1) is 0 Å². The molecule has 0 bridgehead atoms. The van der Waals surface area contributed by atoms with Gasteiger partial charge in [0.15, 0.2) is 4.96 Å². The van der Waals surface area contributed by atoms with Gasteiger partial charge in [0.25, 0.3) is 0 Å². The molecule has 0 atom stereocenters. The highest BCUT2D eigenvalue weighted by molar-refractivity contribution is 9.10. The van der Waals surface area contributed by atoms with Gasteiger partial charge in [-0.25, -0.2) is 4.98 Å². The molecule has 0 amide bonds. The molecule has 0 aliphatic carbocycles. The molecule has 0 aliphatic rings. The summed E-state index contributed by atoms with van der Waals surface area (Å²) in [5.41, 5.74) is 0.912. The van der Waals surface area contributed by atoms with E-state index in [0.29, 0.717) is 6.61 Å². The molecule has 0 saturated heterocycles. The lowest BCUT2D eigenvalue weighted by atomic mass is 10.3. The topological polar surface area (TPSA) is 35.8 Å². The quantitative estimate of drug-likeness (QED) is 0.726. The Balaban J connectivity index is 1.73. The maximum atomic E-state index is 5.75. The summed E-state index contributed by atoms with van der Waals surface area (Å²) in [7, 11) is 1.64. The predicted octanol–water partition coefficient (Wildman–Crippen LogP) is 3.75. The summed E-state index contributed by atoms with van der Waals surface area (Å²) < 4.78 is 13.8. The summed E-state index contributed by atoms with van der Waals surface area (Å²) in [5.74, 6) is 1.57. The first-order valence-corrected chi connectivity index (χ1v) is 7.31. The third kappa shape index (κ3) is 2.59. The van der Waals surface area contributed by atoms with Crippen molar-refractivity contribution >= 4 is 32.2 Å². The van der Waals surface area contributed by atoms with Gasteiger partial charge in [0.1, 0.15) is 18.1 Å². The first-order chi connectivity index (χ1) is 9.26. The van der Waals surface area contributed by atoms with Gasteiger partial charge in [-0.1, -0.05) is 0 Å². The lowest BCUT2D eigenvalue weighted by Crippen LogP contribution is -1.96. The van der Waals surface area contributed by atoms with Crippen molar-refractivity contribution in [2.45, 2.75) is 6.61 Å².